The molecule has 6 nitrogen and oxygen atoms in total. The second-order valence-corrected chi connectivity index (χ2v) is 9.66. The highest BCUT2D eigenvalue weighted by atomic mass is 127. The van der Waals surface area contributed by atoms with Crippen molar-refractivity contribution < 1.29 is 9.47 Å². The van der Waals surface area contributed by atoms with Gasteiger partial charge in [0.1, 0.15) is 5.75 Å². The highest BCUT2D eigenvalue weighted by molar-refractivity contribution is 14.0. The van der Waals surface area contributed by atoms with Crippen LogP contribution in [0.4, 0.5) is 0 Å². The Bertz CT molecular complexity index is 766. The summed E-state index contributed by atoms with van der Waals surface area (Å²) in [6.07, 6.45) is 8.54. The van der Waals surface area contributed by atoms with E-state index in [0.717, 1.165) is 67.5 Å². The zero-order valence-electron chi connectivity index (χ0n) is 19.4. The van der Waals surface area contributed by atoms with E-state index < -0.39 is 0 Å². The third-order valence-corrected chi connectivity index (χ3v) is 7.64. The number of likely N-dealkylation sites (tertiary alicyclic amines) is 1. The number of hydrogen-bond donors (Lipinski definition) is 2. The fraction of sp³-hybridized carbons (Fsp3) is 0.708. The van der Waals surface area contributed by atoms with Crippen LogP contribution in [0.25, 0.3) is 0 Å². The van der Waals surface area contributed by atoms with Gasteiger partial charge in [-0.2, -0.15) is 0 Å². The van der Waals surface area contributed by atoms with Crippen molar-refractivity contribution in [2.75, 3.05) is 47.0 Å². The molecule has 0 aromatic heterocycles. The molecule has 2 aliphatic heterocycles. The van der Waals surface area contributed by atoms with Crippen molar-refractivity contribution in [3.8, 4) is 5.75 Å². The molecule has 2 saturated heterocycles. The number of hydrogen-bond acceptors (Lipinski definition) is 4. The van der Waals surface area contributed by atoms with Crippen LogP contribution in [-0.2, 0) is 10.2 Å². The summed E-state index contributed by atoms with van der Waals surface area (Å²) in [5, 5.41) is 8.04. The van der Waals surface area contributed by atoms with Crippen molar-refractivity contribution in [1.82, 2.24) is 15.5 Å². The van der Waals surface area contributed by atoms with Gasteiger partial charge in [-0.05, 0) is 50.3 Å². The molecule has 0 amide bonds. The zero-order chi connectivity index (χ0) is 21.7. The molecule has 1 unspecified atom stereocenters. The molecule has 3 fully saturated rings. The first-order chi connectivity index (χ1) is 15.1. The molecule has 32 heavy (non-hydrogen) atoms. The van der Waals surface area contributed by atoms with E-state index in [0.29, 0.717) is 6.04 Å². The maximum Gasteiger partial charge on any atom is 0.191 e. The Balaban J connectivity index is 0.00000289. The third-order valence-electron chi connectivity index (χ3n) is 7.40. The summed E-state index contributed by atoms with van der Waals surface area (Å²) < 4.78 is 11.4. The lowest BCUT2D eigenvalue weighted by molar-refractivity contribution is 0.0505. The highest BCUT2D eigenvalue weighted by Crippen LogP contribution is 2.40. The van der Waals surface area contributed by atoms with Crippen molar-refractivity contribution >= 4 is 41.5 Å². The van der Waals surface area contributed by atoms with Crippen molar-refractivity contribution in [2.24, 2.45) is 4.99 Å². The molecule has 0 spiro atoms. The minimum absolute atomic E-state index is 0. The van der Waals surface area contributed by atoms with Gasteiger partial charge in [0.05, 0.1) is 7.11 Å². The van der Waals surface area contributed by atoms with Gasteiger partial charge in [0.2, 0.25) is 0 Å². The Morgan fingerprint density at radius 1 is 1.25 bits per heavy atom. The highest BCUT2D eigenvalue weighted by Gasteiger charge is 2.37. The van der Waals surface area contributed by atoms with Crippen LogP contribution in [-0.4, -0.2) is 69.9 Å². The number of halogens is 2. The third kappa shape index (κ3) is 6.02. The molecule has 3 aliphatic rings. The number of nitrogens with zero attached hydrogens (tertiary/aromatic N) is 2. The number of aliphatic imine (C=N–C) groups is 1. The van der Waals surface area contributed by atoms with Crippen LogP contribution in [0.3, 0.4) is 0 Å². The molecule has 1 saturated carbocycles. The van der Waals surface area contributed by atoms with Gasteiger partial charge in [-0.15, -0.1) is 24.0 Å². The summed E-state index contributed by atoms with van der Waals surface area (Å²) in [6, 6.07) is 7.17. The van der Waals surface area contributed by atoms with Crippen molar-refractivity contribution in [2.45, 2.75) is 62.4 Å². The molecule has 1 aromatic rings. The summed E-state index contributed by atoms with van der Waals surface area (Å²) in [4.78, 5) is 7.21. The molecule has 4 rings (SSSR count). The SMILES string of the molecule is CN=C(NCC1(c2cc(Cl)ccc2OC)CCOCC1)NC1CCN(C2CCCC2)C1.I. The molecule has 0 bridgehead atoms. The van der Waals surface area contributed by atoms with Crippen molar-refractivity contribution in [1.29, 1.82) is 0 Å². The Morgan fingerprint density at radius 3 is 2.69 bits per heavy atom. The summed E-state index contributed by atoms with van der Waals surface area (Å²) in [5.41, 5.74) is 1.06. The number of benzene rings is 1. The Labute approximate surface area is 214 Å². The van der Waals surface area contributed by atoms with E-state index >= 15 is 0 Å². The van der Waals surface area contributed by atoms with Crippen molar-refractivity contribution in [3.63, 3.8) is 0 Å². The van der Waals surface area contributed by atoms with Gasteiger partial charge in [-0.3, -0.25) is 9.89 Å². The molecular weight excluding hydrogens is 539 g/mol. The van der Waals surface area contributed by atoms with E-state index in [9.17, 15) is 0 Å². The van der Waals surface area contributed by atoms with Gasteiger partial charge in [0.15, 0.2) is 5.96 Å². The number of nitrogens with one attached hydrogen (secondary N) is 2. The molecular formula is C24H38ClIN4O2. The summed E-state index contributed by atoms with van der Waals surface area (Å²) in [5.74, 6) is 1.77. The van der Waals surface area contributed by atoms with Crippen LogP contribution in [0.1, 0.15) is 50.5 Å². The number of guanidine groups is 1. The normalized spacial score (nSPS) is 24.2. The number of rotatable bonds is 6. The summed E-state index contributed by atoms with van der Waals surface area (Å²) >= 11 is 6.38. The summed E-state index contributed by atoms with van der Waals surface area (Å²) in [6.45, 7) is 4.56. The Kier molecular flexibility index (Phi) is 9.76. The van der Waals surface area contributed by atoms with Gasteiger partial charge in [-0.25, -0.2) is 0 Å². The maximum atomic E-state index is 6.38. The van der Waals surface area contributed by atoms with Crippen LogP contribution >= 0.6 is 35.6 Å². The van der Waals surface area contributed by atoms with Crippen LogP contribution in [0.5, 0.6) is 5.75 Å². The second kappa shape index (κ2) is 12.1. The summed E-state index contributed by atoms with van der Waals surface area (Å²) in [7, 11) is 3.58. The van der Waals surface area contributed by atoms with Crippen LogP contribution in [0, 0.1) is 0 Å². The fourth-order valence-corrected chi connectivity index (χ4v) is 5.72. The topological polar surface area (TPSA) is 58.1 Å². The molecule has 1 aromatic carbocycles. The predicted octanol–water partition coefficient (Wildman–Crippen LogP) is 4.20. The smallest absolute Gasteiger partial charge is 0.191 e. The van der Waals surface area contributed by atoms with E-state index in [1.165, 1.54) is 38.6 Å². The minimum atomic E-state index is -0.0995. The van der Waals surface area contributed by atoms with Gasteiger partial charge < -0.3 is 20.1 Å². The fourth-order valence-electron chi connectivity index (χ4n) is 5.55. The van der Waals surface area contributed by atoms with E-state index in [1.807, 2.05) is 19.2 Å². The average molecular weight is 577 g/mol. The lowest BCUT2D eigenvalue weighted by Gasteiger charge is -2.39. The van der Waals surface area contributed by atoms with E-state index in [1.54, 1.807) is 7.11 Å². The number of methoxy groups -OCH3 is 1. The molecule has 2 heterocycles. The largest absolute Gasteiger partial charge is 0.496 e. The molecule has 1 atom stereocenters. The van der Waals surface area contributed by atoms with Gasteiger partial charge in [0.25, 0.3) is 0 Å². The van der Waals surface area contributed by atoms with Gasteiger partial charge >= 0.3 is 0 Å². The standard InChI is InChI=1S/C24H37ClN4O2.HI/c1-26-23(28-19-9-12-29(16-19)20-5-3-4-6-20)27-17-24(10-13-31-14-11-24)21-15-18(25)7-8-22(21)30-2;/h7-8,15,19-20H,3-6,9-14,16-17H2,1-2H3,(H2,26,27,28);1H. The van der Waals surface area contributed by atoms with Crippen molar-refractivity contribution in [3.05, 3.63) is 28.8 Å². The quantitative estimate of drug-likeness (QED) is 0.302. The predicted molar refractivity (Wildman–Crippen MR) is 142 cm³/mol. The average Bonchev–Trinajstić information content (AvgIpc) is 3.49. The van der Waals surface area contributed by atoms with Gasteiger partial charge in [-0.1, -0.05) is 24.4 Å². The minimum Gasteiger partial charge on any atom is -0.496 e. The molecule has 1 aliphatic carbocycles. The molecule has 0 radical (unpaired) electrons. The van der Waals surface area contributed by atoms with E-state index in [4.69, 9.17) is 21.1 Å². The second-order valence-electron chi connectivity index (χ2n) is 9.23. The Morgan fingerprint density at radius 2 is 2.00 bits per heavy atom. The monoisotopic (exact) mass is 576 g/mol. The molecule has 180 valence electrons. The maximum absolute atomic E-state index is 6.38. The van der Waals surface area contributed by atoms with Crippen LogP contribution in [0.2, 0.25) is 5.02 Å². The number of ether oxygens (including phenoxy) is 2. The van der Waals surface area contributed by atoms with Gasteiger partial charge in [0, 0.05) is 68.0 Å². The first kappa shape index (κ1) is 25.8. The lowest BCUT2D eigenvalue weighted by atomic mass is 9.73. The first-order valence-corrected chi connectivity index (χ1v) is 12.1. The van der Waals surface area contributed by atoms with Crippen LogP contribution < -0.4 is 15.4 Å². The lowest BCUT2D eigenvalue weighted by Crippen LogP contribution is -2.50. The first-order valence-electron chi connectivity index (χ1n) is 11.8. The van der Waals surface area contributed by atoms with E-state index in [-0.39, 0.29) is 29.4 Å². The zero-order valence-corrected chi connectivity index (χ0v) is 22.5. The molecule has 8 heteroatoms. The van der Waals surface area contributed by atoms with E-state index in [2.05, 4.69) is 26.6 Å². The molecule has 2 N–H and O–H groups in total. The van der Waals surface area contributed by atoms with Crippen LogP contribution in [0.15, 0.2) is 23.2 Å². The Hall–Kier alpha value is -0.770.